The fourth-order valence-corrected chi connectivity index (χ4v) is 2.73. The van der Waals surface area contributed by atoms with Gasteiger partial charge < -0.3 is 15.7 Å². The molecule has 2 aromatic rings. The van der Waals surface area contributed by atoms with Crippen molar-refractivity contribution in [2.24, 2.45) is 5.92 Å². The highest BCUT2D eigenvalue weighted by molar-refractivity contribution is 5.45. The van der Waals surface area contributed by atoms with Crippen LogP contribution in [0.3, 0.4) is 0 Å². The van der Waals surface area contributed by atoms with Crippen LogP contribution in [0.5, 0.6) is 0 Å². The van der Waals surface area contributed by atoms with Gasteiger partial charge in [-0.3, -0.25) is 10.1 Å². The standard InChI is InChI=1S/C19H25N5O3/c1-12(2)17(11-25)22-19-21-16(14-5-6-14)9-18(23-19)20-10-13-3-7-15(8-4-13)24(26)27/h3-4,7-9,12,14,17,25H,5-6,10-11H2,1-2H3,(H2,20,21,22,23)/t17-/m1/s1. The smallest absolute Gasteiger partial charge is 0.269 e. The third-order valence-electron chi connectivity index (χ3n) is 4.68. The minimum Gasteiger partial charge on any atom is -0.394 e. The first kappa shape index (κ1) is 19.0. The lowest BCUT2D eigenvalue weighted by Gasteiger charge is -2.20. The first-order chi connectivity index (χ1) is 13.0. The van der Waals surface area contributed by atoms with Gasteiger partial charge in [-0.05, 0) is 24.3 Å². The van der Waals surface area contributed by atoms with Crippen LogP contribution < -0.4 is 10.6 Å². The van der Waals surface area contributed by atoms with E-state index in [1.807, 2.05) is 19.9 Å². The number of anilines is 2. The van der Waals surface area contributed by atoms with E-state index in [0.717, 1.165) is 24.1 Å². The van der Waals surface area contributed by atoms with Crippen molar-refractivity contribution in [1.29, 1.82) is 0 Å². The molecule has 1 heterocycles. The molecule has 1 aromatic heterocycles. The van der Waals surface area contributed by atoms with Crippen LogP contribution in [0.2, 0.25) is 0 Å². The molecule has 0 unspecified atom stereocenters. The molecule has 0 aliphatic heterocycles. The van der Waals surface area contributed by atoms with E-state index in [4.69, 9.17) is 0 Å². The highest BCUT2D eigenvalue weighted by atomic mass is 16.6. The van der Waals surface area contributed by atoms with Crippen LogP contribution in [0.25, 0.3) is 0 Å². The Morgan fingerprint density at radius 3 is 2.52 bits per heavy atom. The zero-order valence-corrected chi connectivity index (χ0v) is 15.6. The maximum atomic E-state index is 10.7. The van der Waals surface area contributed by atoms with E-state index in [0.29, 0.717) is 24.2 Å². The van der Waals surface area contributed by atoms with Gasteiger partial charge in [-0.2, -0.15) is 4.98 Å². The molecule has 1 fully saturated rings. The highest BCUT2D eigenvalue weighted by Crippen LogP contribution is 2.40. The molecule has 144 valence electrons. The molecule has 0 radical (unpaired) electrons. The molecule has 3 N–H and O–H groups in total. The number of aliphatic hydroxyl groups is 1. The number of hydrogen-bond donors (Lipinski definition) is 3. The molecule has 0 amide bonds. The topological polar surface area (TPSA) is 113 Å². The molecule has 8 heteroatoms. The zero-order chi connectivity index (χ0) is 19.4. The van der Waals surface area contributed by atoms with Crippen LogP contribution in [0, 0.1) is 16.0 Å². The van der Waals surface area contributed by atoms with Crippen molar-refractivity contribution in [3.63, 3.8) is 0 Å². The zero-order valence-electron chi connectivity index (χ0n) is 15.6. The number of non-ortho nitro benzene ring substituents is 1. The highest BCUT2D eigenvalue weighted by Gasteiger charge is 2.26. The largest absolute Gasteiger partial charge is 0.394 e. The van der Waals surface area contributed by atoms with E-state index in [-0.39, 0.29) is 24.3 Å². The Balaban J connectivity index is 1.72. The molecule has 8 nitrogen and oxygen atoms in total. The number of aromatic nitrogens is 2. The number of nitrogens with zero attached hydrogens (tertiary/aromatic N) is 3. The van der Waals surface area contributed by atoms with Gasteiger partial charge in [0.1, 0.15) is 5.82 Å². The Kier molecular flexibility index (Phi) is 5.85. The summed E-state index contributed by atoms with van der Waals surface area (Å²) in [6.07, 6.45) is 2.26. The second-order valence-corrected chi connectivity index (χ2v) is 7.23. The first-order valence-electron chi connectivity index (χ1n) is 9.20. The van der Waals surface area contributed by atoms with E-state index in [1.165, 1.54) is 12.1 Å². The van der Waals surface area contributed by atoms with Crippen molar-refractivity contribution < 1.29 is 10.0 Å². The number of rotatable bonds is 9. The van der Waals surface area contributed by atoms with Crippen molar-refractivity contribution in [3.8, 4) is 0 Å². The molecule has 0 saturated heterocycles. The number of aliphatic hydroxyl groups excluding tert-OH is 1. The van der Waals surface area contributed by atoms with Gasteiger partial charge >= 0.3 is 0 Å². The maximum absolute atomic E-state index is 10.7. The van der Waals surface area contributed by atoms with Gasteiger partial charge in [0.15, 0.2) is 0 Å². The number of benzene rings is 1. The lowest BCUT2D eigenvalue weighted by atomic mass is 10.1. The molecule has 1 aliphatic rings. The van der Waals surface area contributed by atoms with Crippen LogP contribution in [0.4, 0.5) is 17.5 Å². The van der Waals surface area contributed by atoms with Crippen molar-refractivity contribution in [1.82, 2.24) is 9.97 Å². The third kappa shape index (κ3) is 5.13. The molecule has 0 bridgehead atoms. The summed E-state index contributed by atoms with van der Waals surface area (Å²) in [6, 6.07) is 8.29. The van der Waals surface area contributed by atoms with Crippen molar-refractivity contribution >= 4 is 17.5 Å². The fraction of sp³-hybridized carbons (Fsp3) is 0.474. The summed E-state index contributed by atoms with van der Waals surface area (Å²) in [5.74, 6) is 1.94. The minimum atomic E-state index is -0.409. The monoisotopic (exact) mass is 371 g/mol. The molecule has 1 aromatic carbocycles. The van der Waals surface area contributed by atoms with Crippen molar-refractivity contribution in [2.45, 2.75) is 45.2 Å². The lowest BCUT2D eigenvalue weighted by Crippen LogP contribution is -2.30. The second-order valence-electron chi connectivity index (χ2n) is 7.23. The van der Waals surface area contributed by atoms with Gasteiger partial charge in [0.25, 0.3) is 5.69 Å². The van der Waals surface area contributed by atoms with E-state index in [9.17, 15) is 15.2 Å². The predicted octanol–water partition coefficient (Wildman–Crippen LogP) is 3.30. The van der Waals surface area contributed by atoms with Gasteiger partial charge in [-0.25, -0.2) is 4.98 Å². The molecular formula is C19H25N5O3. The molecule has 27 heavy (non-hydrogen) atoms. The Labute approximate surface area is 158 Å². The summed E-state index contributed by atoms with van der Waals surface area (Å²) >= 11 is 0. The average Bonchev–Trinajstić information content (AvgIpc) is 3.49. The van der Waals surface area contributed by atoms with Gasteiger partial charge in [-0.1, -0.05) is 26.0 Å². The predicted molar refractivity (Wildman–Crippen MR) is 104 cm³/mol. The SMILES string of the molecule is CC(C)[C@@H](CO)Nc1nc(NCc2ccc([N+](=O)[O-])cc2)cc(C2CC2)n1. The summed E-state index contributed by atoms with van der Waals surface area (Å²) in [4.78, 5) is 19.5. The number of nitro groups is 1. The summed E-state index contributed by atoms with van der Waals surface area (Å²) in [7, 11) is 0. The Morgan fingerprint density at radius 2 is 1.96 bits per heavy atom. The second kappa shape index (κ2) is 8.30. The van der Waals surface area contributed by atoms with Gasteiger partial charge in [-0.15, -0.1) is 0 Å². The Hall–Kier alpha value is -2.74. The molecule has 1 atom stereocenters. The van der Waals surface area contributed by atoms with E-state index < -0.39 is 4.92 Å². The molecule has 3 rings (SSSR count). The van der Waals surface area contributed by atoms with Gasteiger partial charge in [0.05, 0.1) is 23.3 Å². The minimum absolute atomic E-state index is 0.0141. The van der Waals surface area contributed by atoms with Crippen LogP contribution in [-0.2, 0) is 6.54 Å². The number of hydrogen-bond acceptors (Lipinski definition) is 7. The van der Waals surface area contributed by atoms with E-state index in [2.05, 4.69) is 20.6 Å². The summed E-state index contributed by atoms with van der Waals surface area (Å²) in [5, 5.41) is 26.8. The van der Waals surface area contributed by atoms with Crippen LogP contribution in [-0.4, -0.2) is 32.6 Å². The quantitative estimate of drug-likeness (QED) is 0.458. The van der Waals surface area contributed by atoms with E-state index >= 15 is 0 Å². The summed E-state index contributed by atoms with van der Waals surface area (Å²) in [6.45, 7) is 4.59. The molecule has 1 saturated carbocycles. The Bertz CT molecular complexity index is 790. The van der Waals surface area contributed by atoms with E-state index in [1.54, 1.807) is 12.1 Å². The lowest BCUT2D eigenvalue weighted by molar-refractivity contribution is -0.384. The first-order valence-corrected chi connectivity index (χ1v) is 9.20. The van der Waals surface area contributed by atoms with Crippen molar-refractivity contribution in [2.75, 3.05) is 17.2 Å². The number of nitro benzene ring substituents is 1. The molecular weight excluding hydrogens is 346 g/mol. The van der Waals surface area contributed by atoms with Crippen LogP contribution in [0.1, 0.15) is 43.9 Å². The van der Waals surface area contributed by atoms with Gasteiger partial charge in [0.2, 0.25) is 5.95 Å². The van der Waals surface area contributed by atoms with Crippen molar-refractivity contribution in [3.05, 3.63) is 51.7 Å². The average molecular weight is 371 g/mol. The number of nitrogens with one attached hydrogen (secondary N) is 2. The third-order valence-corrected chi connectivity index (χ3v) is 4.68. The van der Waals surface area contributed by atoms with Crippen LogP contribution >= 0.6 is 0 Å². The van der Waals surface area contributed by atoms with Crippen LogP contribution in [0.15, 0.2) is 30.3 Å². The molecule has 0 spiro atoms. The summed E-state index contributed by atoms with van der Waals surface area (Å²) in [5.41, 5.74) is 2.00. The molecule has 1 aliphatic carbocycles. The normalized spacial score (nSPS) is 14.8. The summed E-state index contributed by atoms with van der Waals surface area (Å²) < 4.78 is 0. The maximum Gasteiger partial charge on any atom is 0.269 e. The van der Waals surface area contributed by atoms with Gasteiger partial charge in [0, 0.05) is 30.7 Å². The fourth-order valence-electron chi connectivity index (χ4n) is 2.73. The Morgan fingerprint density at radius 1 is 1.26 bits per heavy atom.